The highest BCUT2D eigenvalue weighted by molar-refractivity contribution is 5.98. The normalized spacial score (nSPS) is 19.0. The van der Waals surface area contributed by atoms with Crippen LogP contribution in [0.1, 0.15) is 68.1 Å². The van der Waals surface area contributed by atoms with Crippen LogP contribution in [0.2, 0.25) is 0 Å². The lowest BCUT2D eigenvalue weighted by Crippen LogP contribution is -2.51. The van der Waals surface area contributed by atoms with E-state index in [1.54, 1.807) is 0 Å². The number of hydrogen-bond donors (Lipinski definition) is 4. The molecule has 1 aliphatic heterocycles. The lowest BCUT2D eigenvalue weighted by Gasteiger charge is -2.37. The fourth-order valence-corrected chi connectivity index (χ4v) is 5.92. The number of aliphatic hydroxyl groups is 1. The Morgan fingerprint density at radius 2 is 1.67 bits per heavy atom. The van der Waals surface area contributed by atoms with Crippen LogP contribution < -0.4 is 16.4 Å². The summed E-state index contributed by atoms with van der Waals surface area (Å²) in [7, 11) is 0. The Balaban J connectivity index is 1.45. The Kier molecular flexibility index (Phi) is 9.91. The predicted octanol–water partition coefficient (Wildman–Crippen LogP) is 5.36. The third-order valence-corrected chi connectivity index (χ3v) is 8.14. The summed E-state index contributed by atoms with van der Waals surface area (Å²) in [5, 5.41) is 17.9. The number of anilines is 2. The lowest BCUT2D eigenvalue weighted by atomic mass is 9.73. The molecule has 5 N–H and O–H groups in total. The fourth-order valence-electron chi connectivity index (χ4n) is 5.92. The molecular weight excluding hydrogens is 505 g/mol. The second kappa shape index (κ2) is 13.2. The maximum Gasteiger partial charge on any atom is 0.418 e. The van der Waals surface area contributed by atoms with Gasteiger partial charge in [-0.1, -0.05) is 49.9 Å². The summed E-state index contributed by atoms with van der Waals surface area (Å²) >= 11 is 0. The molecule has 1 saturated carbocycles. The molecule has 0 radical (unpaired) electrons. The molecule has 4 rings (SSSR count). The van der Waals surface area contributed by atoms with Gasteiger partial charge in [0.2, 0.25) is 0 Å². The van der Waals surface area contributed by atoms with E-state index in [1.807, 2.05) is 24.3 Å². The number of carbonyl (C=O) groups is 1. The Morgan fingerprint density at radius 1 is 0.974 bits per heavy atom. The Labute approximate surface area is 229 Å². The van der Waals surface area contributed by atoms with Crippen LogP contribution in [-0.4, -0.2) is 47.7 Å². The first-order chi connectivity index (χ1) is 18.6. The molecule has 1 unspecified atom stereocenters. The summed E-state index contributed by atoms with van der Waals surface area (Å²) in [5.41, 5.74) is 4.19. The summed E-state index contributed by atoms with van der Waals surface area (Å²) in [4.78, 5) is 16.0. The van der Waals surface area contributed by atoms with Crippen molar-refractivity contribution in [1.82, 2.24) is 10.2 Å². The molecule has 0 spiro atoms. The van der Waals surface area contributed by atoms with E-state index in [2.05, 4.69) is 15.5 Å². The van der Waals surface area contributed by atoms with E-state index in [4.69, 9.17) is 5.73 Å². The molecular formula is C30H41F3N4O2. The number of nitrogens with two attached hydrogens (primary N) is 1. The minimum absolute atomic E-state index is 0.0394. The van der Waals surface area contributed by atoms with Crippen LogP contribution in [0.25, 0.3) is 0 Å². The summed E-state index contributed by atoms with van der Waals surface area (Å²) in [5.74, 6) is -0.967. The van der Waals surface area contributed by atoms with Gasteiger partial charge in [0.05, 0.1) is 5.56 Å². The number of alkyl halides is 3. The van der Waals surface area contributed by atoms with Crippen LogP contribution in [-0.2, 0) is 23.9 Å². The minimum atomic E-state index is -4.65. The summed E-state index contributed by atoms with van der Waals surface area (Å²) in [6.45, 7) is 4.91. The van der Waals surface area contributed by atoms with Crippen molar-refractivity contribution in [3.05, 3.63) is 59.2 Å². The van der Waals surface area contributed by atoms with E-state index in [9.17, 15) is 23.1 Å². The summed E-state index contributed by atoms with van der Waals surface area (Å²) in [6.07, 6.45) is 3.52. The molecule has 6 nitrogen and oxygen atoms in total. The number of piperidine rings is 1. The van der Waals surface area contributed by atoms with Crippen LogP contribution in [0.15, 0.2) is 42.5 Å². The number of nitrogens with zero attached hydrogens (tertiary/aromatic N) is 1. The van der Waals surface area contributed by atoms with Crippen molar-refractivity contribution in [2.45, 2.75) is 76.1 Å². The zero-order valence-electron chi connectivity index (χ0n) is 22.5. The van der Waals surface area contributed by atoms with E-state index in [0.29, 0.717) is 19.4 Å². The molecule has 1 saturated heterocycles. The van der Waals surface area contributed by atoms with Crippen molar-refractivity contribution in [2.24, 2.45) is 5.92 Å². The number of carbonyl (C=O) groups excluding carboxylic acids is 1. The predicted molar refractivity (Wildman–Crippen MR) is 148 cm³/mol. The van der Waals surface area contributed by atoms with Crippen molar-refractivity contribution in [3.63, 3.8) is 0 Å². The zero-order valence-corrected chi connectivity index (χ0v) is 22.5. The van der Waals surface area contributed by atoms with E-state index >= 15 is 0 Å². The van der Waals surface area contributed by atoms with Crippen molar-refractivity contribution in [3.8, 4) is 0 Å². The third kappa shape index (κ3) is 7.96. The number of halogens is 3. The van der Waals surface area contributed by atoms with E-state index < -0.39 is 28.9 Å². The molecule has 1 amide bonds. The molecule has 9 heteroatoms. The molecule has 1 heterocycles. The van der Waals surface area contributed by atoms with Gasteiger partial charge in [-0.2, -0.15) is 13.2 Å². The van der Waals surface area contributed by atoms with Gasteiger partial charge in [-0.05, 0) is 74.0 Å². The van der Waals surface area contributed by atoms with Crippen molar-refractivity contribution >= 4 is 17.3 Å². The molecule has 214 valence electrons. The second-order valence-electron chi connectivity index (χ2n) is 11.1. The number of likely N-dealkylation sites (tertiary alicyclic amines) is 1. The van der Waals surface area contributed by atoms with Gasteiger partial charge in [-0.25, -0.2) is 0 Å². The number of nitrogen functional groups attached to an aromatic ring is 1. The van der Waals surface area contributed by atoms with Gasteiger partial charge in [-0.3, -0.25) is 4.79 Å². The number of benzene rings is 2. The van der Waals surface area contributed by atoms with Crippen molar-refractivity contribution in [2.75, 3.05) is 37.2 Å². The van der Waals surface area contributed by atoms with Crippen LogP contribution in [0, 0.1) is 5.92 Å². The highest BCUT2D eigenvalue weighted by Gasteiger charge is 2.44. The monoisotopic (exact) mass is 546 g/mol. The number of nitrogens with one attached hydrogen (secondary N) is 2. The van der Waals surface area contributed by atoms with E-state index in [0.717, 1.165) is 68.7 Å². The summed E-state index contributed by atoms with van der Waals surface area (Å²) in [6, 6.07) is 11.1. The summed E-state index contributed by atoms with van der Waals surface area (Å²) < 4.78 is 40.1. The van der Waals surface area contributed by atoms with Gasteiger partial charge in [0.1, 0.15) is 5.60 Å². The zero-order chi connectivity index (χ0) is 27.9. The van der Waals surface area contributed by atoms with Gasteiger partial charge in [-0.15, -0.1) is 0 Å². The molecule has 2 aromatic rings. The maximum atomic E-state index is 13.5. The number of rotatable bonds is 10. The van der Waals surface area contributed by atoms with Crippen molar-refractivity contribution < 1.29 is 23.1 Å². The first-order valence-electron chi connectivity index (χ1n) is 14.2. The van der Waals surface area contributed by atoms with Crippen molar-refractivity contribution in [1.29, 1.82) is 0 Å². The molecule has 1 atom stereocenters. The number of hydrogen-bond acceptors (Lipinski definition) is 5. The SMILES string of the molecule is Nc1ccc(NC(=O)C(O)(Cc2cccc(CNCCN3CCCCC3)c2)C2CCCCC2)cc1C(F)(F)F. The molecule has 39 heavy (non-hydrogen) atoms. The van der Waals surface area contributed by atoms with Crippen LogP contribution in [0.5, 0.6) is 0 Å². The van der Waals surface area contributed by atoms with Crippen LogP contribution in [0.4, 0.5) is 24.5 Å². The maximum absolute atomic E-state index is 13.5. The first-order valence-corrected chi connectivity index (χ1v) is 14.2. The average molecular weight is 547 g/mol. The standard InChI is InChI=1S/C30H41F3N4O2/c31-30(32,33)26-19-25(12-13-27(26)34)36-28(38)29(39,24-10-3-1-4-11-24)20-22-8-7-9-23(18-22)21-35-14-17-37-15-5-2-6-16-37/h7-9,12-13,18-19,24,35,39H,1-6,10-11,14-17,20-21,34H2,(H,36,38). The lowest BCUT2D eigenvalue weighted by molar-refractivity contribution is -0.142. The highest BCUT2D eigenvalue weighted by Crippen LogP contribution is 2.38. The Hall–Kier alpha value is -2.62. The molecule has 0 bridgehead atoms. The third-order valence-electron chi connectivity index (χ3n) is 8.14. The van der Waals surface area contributed by atoms with Crippen LogP contribution >= 0.6 is 0 Å². The van der Waals surface area contributed by atoms with Gasteiger partial charge in [0.25, 0.3) is 5.91 Å². The molecule has 2 fully saturated rings. The van der Waals surface area contributed by atoms with E-state index in [1.165, 1.54) is 25.3 Å². The van der Waals surface area contributed by atoms with Gasteiger partial charge >= 0.3 is 6.18 Å². The Bertz CT molecular complexity index is 1100. The quantitative estimate of drug-likeness (QED) is 0.238. The second-order valence-corrected chi connectivity index (χ2v) is 11.1. The fraction of sp³-hybridized carbons (Fsp3) is 0.567. The van der Waals surface area contributed by atoms with Gasteiger partial charge in [0, 0.05) is 37.4 Å². The largest absolute Gasteiger partial charge is 0.418 e. The average Bonchev–Trinajstić information content (AvgIpc) is 2.93. The topological polar surface area (TPSA) is 90.6 Å². The highest BCUT2D eigenvalue weighted by atomic mass is 19.4. The number of amides is 1. The molecule has 2 aromatic carbocycles. The molecule has 2 aliphatic rings. The van der Waals surface area contributed by atoms with Gasteiger partial charge in [0.15, 0.2) is 0 Å². The van der Waals surface area contributed by atoms with Gasteiger partial charge < -0.3 is 26.4 Å². The minimum Gasteiger partial charge on any atom is -0.398 e. The van der Waals surface area contributed by atoms with E-state index in [-0.39, 0.29) is 18.0 Å². The smallest absolute Gasteiger partial charge is 0.398 e. The molecule has 1 aliphatic carbocycles. The van der Waals surface area contributed by atoms with Crippen LogP contribution in [0.3, 0.4) is 0 Å². The Morgan fingerprint density at radius 3 is 2.38 bits per heavy atom. The first kappa shape index (κ1) is 29.4. The molecule has 0 aromatic heterocycles.